The van der Waals surface area contributed by atoms with Gasteiger partial charge in [0.25, 0.3) is 0 Å². The molecule has 6 N–H and O–H groups in total. The van der Waals surface area contributed by atoms with Crippen molar-refractivity contribution in [2.75, 3.05) is 26.9 Å². The van der Waals surface area contributed by atoms with Gasteiger partial charge in [0.05, 0.1) is 46.0 Å². The quantitative estimate of drug-likeness (QED) is 0.0569. The van der Waals surface area contributed by atoms with Crippen LogP contribution in [0, 0.1) is 0 Å². The van der Waals surface area contributed by atoms with Gasteiger partial charge in [0.2, 0.25) is 11.2 Å². The average Bonchev–Trinajstić information content (AvgIpc) is 3.62. The number of aliphatic hydroxyl groups excluding tert-OH is 4. The van der Waals surface area contributed by atoms with E-state index in [1.54, 1.807) is 30.3 Å². The zero-order valence-electron chi connectivity index (χ0n) is 29.6. The van der Waals surface area contributed by atoms with Gasteiger partial charge >= 0.3 is 11.9 Å². The van der Waals surface area contributed by atoms with E-state index in [0.29, 0.717) is 17.0 Å². The fourth-order valence-corrected chi connectivity index (χ4v) is 5.53. The summed E-state index contributed by atoms with van der Waals surface area (Å²) in [5.74, 6) is -2.78. The van der Waals surface area contributed by atoms with E-state index in [-0.39, 0.29) is 54.3 Å². The highest BCUT2D eigenvalue weighted by Gasteiger charge is 2.44. The molecule has 5 atom stereocenters. The number of esters is 2. The molecule has 0 aliphatic carbocycles. The number of allylic oxidation sites excluding steroid dienone is 2. The molecule has 290 valence electrons. The standard InChI is InChI=1S/C36H41N3O15/c1-18(2)4-9-22-23(41)14-24(42)28-30(46)35(33(54-34(22)28)19-5-7-21(49-3)8-6-19)53-27(44)11-10-26(43)51-13-12-50-17-20-15-39(38-37-20)36-32(48)31(47)29(45)25(16-40)52-36/h4-8,14-15,25,29,31-32,36,40-42,45,47-48H,9-13,16-17H2,1-3H3/t25-,29-,31+,32-,36?/m1/s1. The Balaban J connectivity index is 1.19. The highest BCUT2D eigenvalue weighted by Crippen LogP contribution is 2.39. The molecule has 2 aromatic heterocycles. The Kier molecular flexibility index (Phi) is 13.0. The number of ether oxygens (including phenoxy) is 5. The van der Waals surface area contributed by atoms with Crippen LogP contribution in [-0.2, 0) is 36.8 Å². The first-order valence-electron chi connectivity index (χ1n) is 16.8. The molecular formula is C36H41N3O15. The second-order valence-electron chi connectivity index (χ2n) is 12.6. The monoisotopic (exact) mass is 755 g/mol. The number of rotatable bonds is 15. The number of benzene rings is 2. The summed E-state index contributed by atoms with van der Waals surface area (Å²) in [5.41, 5.74) is 0.818. The van der Waals surface area contributed by atoms with E-state index >= 15 is 0 Å². The number of phenolic OH excluding ortho intramolecular Hbond substituents is 2. The maximum atomic E-state index is 13.8. The van der Waals surface area contributed by atoms with E-state index in [2.05, 4.69) is 10.3 Å². The van der Waals surface area contributed by atoms with E-state index in [1.165, 1.54) is 13.3 Å². The predicted octanol–water partition coefficient (Wildman–Crippen LogP) is 1.40. The van der Waals surface area contributed by atoms with E-state index in [9.17, 15) is 45.0 Å². The van der Waals surface area contributed by atoms with Crippen LogP contribution in [0.3, 0.4) is 0 Å². The van der Waals surface area contributed by atoms with Gasteiger partial charge in [-0.2, -0.15) is 0 Å². The Labute approximate surface area is 307 Å². The molecule has 0 saturated carbocycles. The fourth-order valence-electron chi connectivity index (χ4n) is 5.53. The first kappa shape index (κ1) is 39.8. The van der Waals surface area contributed by atoms with Crippen molar-refractivity contribution < 1.29 is 68.3 Å². The summed E-state index contributed by atoms with van der Waals surface area (Å²) in [6.07, 6.45) is -4.55. The van der Waals surface area contributed by atoms with Gasteiger partial charge in [-0.15, -0.1) is 5.10 Å². The van der Waals surface area contributed by atoms with Crippen LogP contribution in [-0.4, -0.2) is 109 Å². The molecule has 1 aliphatic heterocycles. The van der Waals surface area contributed by atoms with Crippen molar-refractivity contribution in [1.29, 1.82) is 0 Å². The molecule has 1 unspecified atom stereocenters. The molecule has 2 aromatic carbocycles. The van der Waals surface area contributed by atoms with Gasteiger partial charge in [-0.1, -0.05) is 16.9 Å². The molecule has 0 radical (unpaired) electrons. The topological polar surface area (TPSA) is 263 Å². The average molecular weight is 756 g/mol. The number of carbonyl (C=O) groups is 2. The van der Waals surface area contributed by atoms with Crippen LogP contribution < -0.4 is 14.9 Å². The molecule has 54 heavy (non-hydrogen) atoms. The van der Waals surface area contributed by atoms with Gasteiger partial charge in [-0.3, -0.25) is 14.4 Å². The maximum absolute atomic E-state index is 13.8. The molecule has 18 heteroatoms. The van der Waals surface area contributed by atoms with Gasteiger partial charge < -0.3 is 58.7 Å². The smallest absolute Gasteiger partial charge is 0.312 e. The van der Waals surface area contributed by atoms with E-state index in [1.807, 2.05) is 13.8 Å². The molecule has 3 heterocycles. The number of aromatic hydroxyl groups is 2. The zero-order chi connectivity index (χ0) is 39.1. The van der Waals surface area contributed by atoms with Gasteiger partial charge in [-0.25, -0.2) is 4.68 Å². The third-order valence-corrected chi connectivity index (χ3v) is 8.43. The molecule has 1 fully saturated rings. The van der Waals surface area contributed by atoms with Crippen LogP contribution in [0.4, 0.5) is 0 Å². The Morgan fingerprint density at radius 2 is 1.70 bits per heavy atom. The van der Waals surface area contributed by atoms with Crippen LogP contribution in [0.2, 0.25) is 0 Å². The number of aliphatic hydroxyl groups is 4. The van der Waals surface area contributed by atoms with E-state index in [0.717, 1.165) is 16.3 Å². The summed E-state index contributed by atoms with van der Waals surface area (Å²) in [6.45, 7) is 2.77. The van der Waals surface area contributed by atoms with Crippen molar-refractivity contribution in [3.63, 3.8) is 0 Å². The molecule has 4 aromatic rings. The van der Waals surface area contributed by atoms with Gasteiger partial charge in [0.15, 0.2) is 12.0 Å². The number of fused-ring (bicyclic) bond motifs is 1. The minimum atomic E-state index is -1.59. The van der Waals surface area contributed by atoms with Gasteiger partial charge in [0.1, 0.15) is 64.9 Å². The summed E-state index contributed by atoms with van der Waals surface area (Å²) >= 11 is 0. The van der Waals surface area contributed by atoms with Crippen molar-refractivity contribution in [3.05, 3.63) is 69.7 Å². The molecule has 1 saturated heterocycles. The van der Waals surface area contributed by atoms with E-state index in [4.69, 9.17) is 28.1 Å². The van der Waals surface area contributed by atoms with Crippen LogP contribution >= 0.6 is 0 Å². The molecule has 0 bridgehead atoms. The molecule has 18 nitrogen and oxygen atoms in total. The Hall–Kier alpha value is -5.37. The number of carbonyl (C=O) groups excluding carboxylic acids is 2. The SMILES string of the molecule is COc1ccc(-c2oc3c(CC=C(C)C)c(O)cc(O)c3c(=O)c2OC(=O)CCC(=O)OCCOCc2cn(C3O[C@H](CO)[C@@H](O)[C@H](O)[C@H]3O)nn2)cc1. The Bertz CT molecular complexity index is 2040. The van der Waals surface area contributed by atoms with Crippen LogP contribution in [0.5, 0.6) is 23.0 Å². The number of nitrogens with zero attached hydrogens (tertiary/aromatic N) is 3. The second kappa shape index (κ2) is 17.6. The first-order valence-corrected chi connectivity index (χ1v) is 16.8. The van der Waals surface area contributed by atoms with Gasteiger partial charge in [0, 0.05) is 17.2 Å². The zero-order valence-corrected chi connectivity index (χ0v) is 29.6. The minimum absolute atomic E-state index is 0.0684. The highest BCUT2D eigenvalue weighted by atomic mass is 16.6. The fraction of sp³-hybridized carbons (Fsp3) is 0.417. The summed E-state index contributed by atoms with van der Waals surface area (Å²) in [5, 5.41) is 68.3. The van der Waals surface area contributed by atoms with Crippen LogP contribution in [0.15, 0.2) is 57.4 Å². The lowest BCUT2D eigenvalue weighted by Gasteiger charge is -2.39. The van der Waals surface area contributed by atoms with E-state index < -0.39 is 79.0 Å². The lowest BCUT2D eigenvalue weighted by atomic mass is 9.98. The van der Waals surface area contributed by atoms with Crippen molar-refractivity contribution in [1.82, 2.24) is 15.0 Å². The lowest BCUT2D eigenvalue weighted by Crippen LogP contribution is -2.56. The summed E-state index contributed by atoms with van der Waals surface area (Å²) in [6, 6.07) is 7.35. The molecule has 0 amide bonds. The van der Waals surface area contributed by atoms with Crippen LogP contribution in [0.25, 0.3) is 22.3 Å². The number of aromatic nitrogens is 3. The number of methoxy groups -OCH3 is 1. The van der Waals surface area contributed by atoms with Gasteiger partial charge in [-0.05, 0) is 44.5 Å². The predicted molar refractivity (Wildman–Crippen MR) is 185 cm³/mol. The molecule has 1 aliphatic rings. The third kappa shape index (κ3) is 9.04. The summed E-state index contributed by atoms with van der Waals surface area (Å²) in [7, 11) is 1.48. The first-order chi connectivity index (χ1) is 25.8. The highest BCUT2D eigenvalue weighted by molar-refractivity contribution is 5.92. The van der Waals surface area contributed by atoms with Crippen molar-refractivity contribution in [3.8, 4) is 34.3 Å². The third-order valence-electron chi connectivity index (χ3n) is 8.43. The number of hydrogen-bond acceptors (Lipinski definition) is 17. The Morgan fingerprint density at radius 3 is 2.39 bits per heavy atom. The Morgan fingerprint density at radius 1 is 0.981 bits per heavy atom. The van der Waals surface area contributed by atoms with Crippen molar-refractivity contribution in [2.24, 2.45) is 0 Å². The molecule has 5 rings (SSSR count). The normalized spacial score (nSPS) is 19.7. The minimum Gasteiger partial charge on any atom is -0.507 e. The second-order valence-corrected chi connectivity index (χ2v) is 12.6. The summed E-state index contributed by atoms with van der Waals surface area (Å²) in [4.78, 5) is 39.2. The van der Waals surface area contributed by atoms with Crippen molar-refractivity contribution >= 4 is 22.9 Å². The molecule has 0 spiro atoms. The largest absolute Gasteiger partial charge is 0.507 e. The van der Waals surface area contributed by atoms with Crippen molar-refractivity contribution in [2.45, 2.75) is 70.4 Å². The molecular weight excluding hydrogens is 714 g/mol. The summed E-state index contributed by atoms with van der Waals surface area (Å²) < 4.78 is 33.9. The van der Waals surface area contributed by atoms with Crippen LogP contribution in [0.1, 0.15) is 44.2 Å². The maximum Gasteiger partial charge on any atom is 0.312 e. The number of hydrogen-bond donors (Lipinski definition) is 6. The number of phenols is 2. The lowest BCUT2D eigenvalue weighted by molar-refractivity contribution is -0.254.